The van der Waals surface area contributed by atoms with Crippen LogP contribution in [-0.4, -0.2) is 34.1 Å². The van der Waals surface area contributed by atoms with Crippen LogP contribution in [0.4, 0.5) is 4.79 Å². The smallest absolute Gasteiger partial charge is 0.542 e. The molecule has 0 spiro atoms. The Morgan fingerprint density at radius 2 is 2.05 bits per heavy atom. The topological polar surface area (TPSA) is 82.6 Å². The van der Waals surface area contributed by atoms with Gasteiger partial charge in [0.25, 0.3) is 0 Å². The molecule has 2 heterocycles. The first-order chi connectivity index (χ1) is 8.76. The summed E-state index contributed by atoms with van der Waals surface area (Å²) in [5, 5.41) is 10.7. The molecule has 0 aromatic carbocycles. The average molecular weight is 290 g/mol. The van der Waals surface area contributed by atoms with Gasteiger partial charge in [0.05, 0.1) is 12.2 Å². The molecule has 104 valence electrons. The van der Waals surface area contributed by atoms with Crippen molar-refractivity contribution >= 4 is 23.4 Å². The second-order valence-electron chi connectivity index (χ2n) is 5.33. The minimum Gasteiger partial charge on any atom is -0.542 e. The second-order valence-corrected chi connectivity index (χ2v) is 6.41. The Morgan fingerprint density at radius 1 is 1.40 bits per heavy atom. The van der Waals surface area contributed by atoms with Gasteiger partial charge in [0.1, 0.15) is 16.6 Å². The molecule has 0 aliphatic carbocycles. The molecule has 20 heavy (non-hydrogen) atoms. The molecule has 2 rings (SSSR count). The normalized spacial score (nSPS) is 14.2. The summed E-state index contributed by atoms with van der Waals surface area (Å²) in [6.45, 7) is 6.25. The van der Waals surface area contributed by atoms with Crippen LogP contribution in [-0.2, 0) is 17.7 Å². The number of fused-ring (bicyclic) bond motifs is 1. The summed E-state index contributed by atoms with van der Waals surface area (Å²) in [4.78, 5) is 29.0. The Morgan fingerprint density at radius 3 is 2.60 bits per heavy atom. The van der Waals surface area contributed by atoms with E-state index in [1.54, 1.807) is 25.7 Å². The number of rotatable bonds is 1. The van der Waals surface area contributed by atoms with Crippen LogP contribution in [0.15, 0.2) is 0 Å². The third-order valence-corrected chi connectivity index (χ3v) is 3.62. The van der Waals surface area contributed by atoms with E-state index in [0.717, 1.165) is 21.9 Å². The van der Waals surface area contributed by atoms with Crippen LogP contribution >= 0.6 is 11.3 Å². The predicted octanol–water partition coefficient (Wildman–Crippen LogP) is -2.20. The molecule has 8 heteroatoms. The zero-order valence-corrected chi connectivity index (χ0v) is 12.9. The summed E-state index contributed by atoms with van der Waals surface area (Å²) in [6, 6.07) is 0. The number of carboxylic acids is 1. The zero-order valence-electron chi connectivity index (χ0n) is 12.1. The molecule has 0 unspecified atom stereocenters. The molecule has 1 aliphatic rings. The van der Waals surface area contributed by atoms with Gasteiger partial charge in [-0.3, -0.25) is 0 Å². The molecule has 1 aromatic rings. The van der Waals surface area contributed by atoms with Gasteiger partial charge in [0.2, 0.25) is 0 Å². The van der Waals surface area contributed by atoms with Crippen molar-refractivity contribution in [3.63, 3.8) is 0 Å². The molecular formula is C12H15LiN2O4S. The fraction of sp³-hybridized carbons (Fsp3) is 0.583. The Kier molecular flexibility index (Phi) is 5.25. The number of amides is 1. The van der Waals surface area contributed by atoms with E-state index in [0.29, 0.717) is 19.5 Å². The van der Waals surface area contributed by atoms with Crippen LogP contribution < -0.4 is 24.0 Å². The van der Waals surface area contributed by atoms with E-state index in [1.807, 2.05) is 0 Å². The Labute approximate surface area is 133 Å². The van der Waals surface area contributed by atoms with E-state index in [2.05, 4.69) is 4.98 Å². The summed E-state index contributed by atoms with van der Waals surface area (Å²) in [5.41, 5.74) is 0.199. The minimum atomic E-state index is -1.27. The molecule has 6 nitrogen and oxygen atoms in total. The molecule has 0 atom stereocenters. The van der Waals surface area contributed by atoms with Crippen molar-refractivity contribution in [3.8, 4) is 0 Å². The molecule has 0 radical (unpaired) electrons. The zero-order chi connectivity index (χ0) is 14.2. The number of ether oxygens (including phenoxy) is 1. The van der Waals surface area contributed by atoms with Gasteiger partial charge in [-0.05, 0) is 20.8 Å². The number of nitrogens with zero attached hydrogens (tertiary/aromatic N) is 2. The first kappa shape index (κ1) is 17.0. The summed E-state index contributed by atoms with van der Waals surface area (Å²) in [7, 11) is 0. The van der Waals surface area contributed by atoms with Gasteiger partial charge in [-0.15, -0.1) is 11.3 Å². The van der Waals surface area contributed by atoms with E-state index in [1.165, 1.54) is 0 Å². The fourth-order valence-electron chi connectivity index (χ4n) is 1.77. The molecule has 1 amide bonds. The molecule has 1 aromatic heterocycles. The summed E-state index contributed by atoms with van der Waals surface area (Å²) in [6.07, 6.45) is 0.153. The van der Waals surface area contributed by atoms with Gasteiger partial charge in [-0.2, -0.15) is 0 Å². The van der Waals surface area contributed by atoms with Crippen molar-refractivity contribution in [1.29, 1.82) is 0 Å². The Hall–Kier alpha value is -1.03. The van der Waals surface area contributed by atoms with Gasteiger partial charge in [-0.1, -0.05) is 0 Å². The van der Waals surface area contributed by atoms with E-state index in [-0.39, 0.29) is 30.0 Å². The number of aromatic nitrogens is 1. The third-order valence-electron chi connectivity index (χ3n) is 2.56. The molecule has 0 bridgehead atoms. The first-order valence-corrected chi connectivity index (χ1v) is 6.76. The Balaban J connectivity index is 0.00000200. The van der Waals surface area contributed by atoms with Crippen LogP contribution in [0.2, 0.25) is 0 Å². The van der Waals surface area contributed by atoms with Crippen molar-refractivity contribution in [2.45, 2.75) is 39.3 Å². The predicted molar refractivity (Wildman–Crippen MR) is 66.8 cm³/mol. The van der Waals surface area contributed by atoms with Crippen molar-refractivity contribution < 1.29 is 38.3 Å². The molecular weight excluding hydrogens is 275 g/mol. The van der Waals surface area contributed by atoms with Gasteiger partial charge in [0, 0.05) is 17.8 Å². The number of hydrogen-bond acceptors (Lipinski definition) is 6. The van der Waals surface area contributed by atoms with Crippen molar-refractivity contribution in [2.75, 3.05) is 6.54 Å². The number of thiazole rings is 1. The maximum Gasteiger partial charge on any atom is 1.00 e. The third kappa shape index (κ3) is 3.98. The van der Waals surface area contributed by atoms with E-state index in [9.17, 15) is 14.7 Å². The monoisotopic (exact) mass is 290 g/mol. The maximum absolute atomic E-state index is 11.9. The molecule has 0 fully saturated rings. The van der Waals surface area contributed by atoms with Crippen LogP contribution in [0.5, 0.6) is 0 Å². The van der Waals surface area contributed by atoms with E-state index >= 15 is 0 Å². The van der Waals surface area contributed by atoms with Gasteiger partial charge in [0.15, 0.2) is 0 Å². The second kappa shape index (κ2) is 6.16. The van der Waals surface area contributed by atoms with Crippen molar-refractivity contribution in [3.05, 3.63) is 15.6 Å². The van der Waals surface area contributed by atoms with Crippen molar-refractivity contribution in [2.24, 2.45) is 0 Å². The number of hydrogen-bond donors (Lipinski definition) is 0. The summed E-state index contributed by atoms with van der Waals surface area (Å²) < 4.78 is 5.29. The molecule has 0 N–H and O–H groups in total. The van der Waals surface area contributed by atoms with Crippen molar-refractivity contribution in [1.82, 2.24) is 9.88 Å². The maximum atomic E-state index is 11.9. The van der Waals surface area contributed by atoms with E-state index < -0.39 is 11.6 Å². The van der Waals surface area contributed by atoms with Crippen LogP contribution in [0, 0.1) is 0 Å². The van der Waals surface area contributed by atoms with Crippen LogP contribution in [0.25, 0.3) is 0 Å². The minimum absolute atomic E-state index is 0. The molecule has 0 saturated carbocycles. The van der Waals surface area contributed by atoms with E-state index in [4.69, 9.17) is 4.74 Å². The standard InChI is InChI=1S/C12H16N2O4S.Li/c1-12(2,3)18-11(17)14-5-4-7-8(6-14)19-9(13-7)10(15)16;/h4-6H2,1-3H3,(H,15,16);/q;+1/p-1. The number of carbonyl (C=O) groups excluding carboxylic acids is 2. The number of carboxylic acid groups (broad SMARTS) is 1. The Bertz CT molecular complexity index is 524. The van der Waals surface area contributed by atoms with Gasteiger partial charge in [-0.25, -0.2) is 9.78 Å². The number of aromatic carboxylic acids is 1. The largest absolute Gasteiger partial charge is 1.00 e. The molecule has 0 saturated heterocycles. The molecule has 1 aliphatic heterocycles. The van der Waals surface area contributed by atoms with Gasteiger partial charge < -0.3 is 19.5 Å². The number of carbonyl (C=O) groups is 2. The van der Waals surface area contributed by atoms with Crippen LogP contribution in [0.1, 0.15) is 41.1 Å². The summed E-state index contributed by atoms with van der Waals surface area (Å²) >= 11 is 1.06. The average Bonchev–Trinajstić information content (AvgIpc) is 2.69. The fourth-order valence-corrected chi connectivity index (χ4v) is 2.72. The van der Waals surface area contributed by atoms with Crippen LogP contribution in [0.3, 0.4) is 0 Å². The van der Waals surface area contributed by atoms with Gasteiger partial charge >= 0.3 is 25.0 Å². The summed E-state index contributed by atoms with van der Waals surface area (Å²) in [5.74, 6) is -1.27. The SMILES string of the molecule is CC(C)(C)OC(=O)N1CCc2nc(C(=O)[O-])sc2C1.[Li+]. The quantitative estimate of drug-likeness (QED) is 0.548. The first-order valence-electron chi connectivity index (χ1n) is 5.94.